The number of hydrogen-bond donors (Lipinski definition) is 2. The van der Waals surface area contributed by atoms with Gasteiger partial charge in [0, 0.05) is 17.2 Å². The summed E-state index contributed by atoms with van der Waals surface area (Å²) in [6.07, 6.45) is 4.32. The number of amides is 2. The maximum absolute atomic E-state index is 14.0. The number of carbonyl (C=O) groups excluding carboxylic acids is 2. The number of alkyl carbamates (subject to hydrolysis) is 1. The molecule has 230 valence electrons. The third-order valence-corrected chi connectivity index (χ3v) is 7.58. The van der Waals surface area contributed by atoms with Crippen molar-refractivity contribution in [1.82, 2.24) is 15.2 Å². The molecule has 1 fully saturated rings. The van der Waals surface area contributed by atoms with Crippen molar-refractivity contribution in [1.29, 1.82) is 0 Å². The van der Waals surface area contributed by atoms with Crippen LogP contribution in [0.2, 0.25) is 5.02 Å². The highest BCUT2D eigenvalue weighted by Crippen LogP contribution is 2.37. The van der Waals surface area contributed by atoms with E-state index in [4.69, 9.17) is 25.8 Å². The van der Waals surface area contributed by atoms with Crippen LogP contribution in [0.3, 0.4) is 0 Å². The summed E-state index contributed by atoms with van der Waals surface area (Å²) in [6.45, 7) is 12.9. The molecule has 2 aromatic rings. The van der Waals surface area contributed by atoms with Gasteiger partial charge in [0.25, 0.3) is 0 Å². The van der Waals surface area contributed by atoms with Crippen molar-refractivity contribution in [2.24, 2.45) is 11.8 Å². The van der Waals surface area contributed by atoms with E-state index in [0.29, 0.717) is 28.0 Å². The lowest BCUT2D eigenvalue weighted by atomic mass is 9.88. The number of benzene rings is 1. The van der Waals surface area contributed by atoms with Gasteiger partial charge in [0.05, 0.1) is 24.9 Å². The molecule has 0 radical (unpaired) electrons. The van der Waals surface area contributed by atoms with Crippen LogP contribution in [-0.4, -0.2) is 70.4 Å². The molecule has 1 aromatic heterocycles. The number of fused-ring (bicyclic) bond motifs is 1. The van der Waals surface area contributed by atoms with Crippen LogP contribution in [-0.2, 0) is 14.3 Å². The molecule has 5 atom stereocenters. The van der Waals surface area contributed by atoms with Gasteiger partial charge < -0.3 is 29.5 Å². The average molecular weight is 604 g/mol. The molecular formula is C31H42ClN3O7. The lowest BCUT2D eigenvalue weighted by molar-refractivity contribution is -0.149. The van der Waals surface area contributed by atoms with Gasteiger partial charge in [-0.3, -0.25) is 4.79 Å². The summed E-state index contributed by atoms with van der Waals surface area (Å²) in [5, 5.41) is 14.5. The number of nitrogens with zero attached hydrogens (tertiary/aromatic N) is 2. The maximum Gasteiger partial charge on any atom is 0.408 e. The second-order valence-corrected chi connectivity index (χ2v) is 12.3. The predicted octanol–water partition coefficient (Wildman–Crippen LogP) is 5.85. The average Bonchev–Trinajstić information content (AvgIpc) is 3.34. The zero-order valence-electron chi connectivity index (χ0n) is 25.2. The first-order valence-electron chi connectivity index (χ1n) is 14.2. The number of carboxylic acids is 1. The van der Waals surface area contributed by atoms with Gasteiger partial charge in [0.15, 0.2) is 0 Å². The predicted molar refractivity (Wildman–Crippen MR) is 161 cm³/mol. The number of likely N-dealkylation sites (tertiary alicyclic amines) is 1. The summed E-state index contributed by atoms with van der Waals surface area (Å²) < 4.78 is 17.0. The van der Waals surface area contributed by atoms with Crippen molar-refractivity contribution in [3.8, 4) is 11.6 Å². The second kappa shape index (κ2) is 14.1. The fourth-order valence-electron chi connectivity index (χ4n) is 5.32. The Hall–Kier alpha value is -3.53. The molecule has 2 unspecified atom stereocenters. The van der Waals surface area contributed by atoms with Gasteiger partial charge in [0.1, 0.15) is 29.5 Å². The number of ether oxygens (including phenoxy) is 3. The van der Waals surface area contributed by atoms with E-state index in [1.54, 1.807) is 39.0 Å². The van der Waals surface area contributed by atoms with Gasteiger partial charge >= 0.3 is 12.1 Å². The van der Waals surface area contributed by atoms with Crippen LogP contribution >= 0.6 is 11.6 Å². The number of rotatable bonds is 12. The molecule has 0 aliphatic carbocycles. The highest BCUT2D eigenvalue weighted by Gasteiger charge is 2.45. The third-order valence-electron chi connectivity index (χ3n) is 7.26. The first-order chi connectivity index (χ1) is 19.7. The summed E-state index contributed by atoms with van der Waals surface area (Å²) in [5.41, 5.74) is -0.772. The highest BCUT2D eigenvalue weighted by atomic mass is 35.5. The molecule has 1 saturated heterocycles. The van der Waals surface area contributed by atoms with Crippen molar-refractivity contribution in [2.75, 3.05) is 13.7 Å². The number of nitrogens with one attached hydrogen (secondary N) is 1. The van der Waals surface area contributed by atoms with Crippen LogP contribution in [0.5, 0.6) is 11.6 Å². The molecule has 1 aromatic carbocycles. The van der Waals surface area contributed by atoms with Gasteiger partial charge in [0.2, 0.25) is 11.8 Å². The molecule has 10 nitrogen and oxygen atoms in total. The number of aromatic nitrogens is 1. The molecule has 11 heteroatoms. The van der Waals surface area contributed by atoms with Crippen LogP contribution in [0.1, 0.15) is 60.3 Å². The molecule has 2 heterocycles. The van der Waals surface area contributed by atoms with Gasteiger partial charge in [-0.15, -0.1) is 6.58 Å². The summed E-state index contributed by atoms with van der Waals surface area (Å²) in [4.78, 5) is 44.8. The van der Waals surface area contributed by atoms with Gasteiger partial charge in [-0.05, 0) is 64.0 Å². The van der Waals surface area contributed by atoms with E-state index in [9.17, 15) is 19.5 Å². The topological polar surface area (TPSA) is 127 Å². The second-order valence-electron chi connectivity index (χ2n) is 11.9. The Morgan fingerprint density at radius 1 is 1.29 bits per heavy atom. The van der Waals surface area contributed by atoms with Gasteiger partial charge in [-0.1, -0.05) is 37.6 Å². The van der Waals surface area contributed by atoms with Crippen molar-refractivity contribution >= 4 is 40.3 Å². The minimum Gasteiger partial charge on any atom is -0.494 e. The van der Waals surface area contributed by atoms with Crippen molar-refractivity contribution < 1.29 is 33.7 Å². The van der Waals surface area contributed by atoms with Crippen LogP contribution < -0.4 is 14.8 Å². The molecule has 1 aliphatic heterocycles. The number of carboxylic acid groups (broad SMARTS) is 1. The largest absolute Gasteiger partial charge is 0.494 e. The van der Waals surface area contributed by atoms with Crippen molar-refractivity contribution in [2.45, 2.75) is 84.1 Å². The quantitative estimate of drug-likeness (QED) is 0.289. The number of carbonyl (C=O) groups is 3. The van der Waals surface area contributed by atoms with Crippen LogP contribution in [0.4, 0.5) is 4.79 Å². The van der Waals surface area contributed by atoms with E-state index >= 15 is 0 Å². The normalized spacial score (nSPS) is 19.1. The number of halogens is 1. The number of methoxy groups -OCH3 is 1. The van der Waals surface area contributed by atoms with E-state index in [-0.39, 0.29) is 30.7 Å². The fraction of sp³-hybridized carbons (Fsp3) is 0.548. The Kier molecular flexibility index (Phi) is 11.1. The lowest BCUT2D eigenvalue weighted by Gasteiger charge is -2.32. The fourth-order valence-corrected chi connectivity index (χ4v) is 5.59. The lowest BCUT2D eigenvalue weighted by Crippen LogP contribution is -2.55. The molecule has 2 N–H and O–H groups in total. The summed E-state index contributed by atoms with van der Waals surface area (Å²) in [5.74, 6) is -0.980. The van der Waals surface area contributed by atoms with E-state index in [1.807, 2.05) is 13.0 Å². The molecule has 0 spiro atoms. The number of pyridine rings is 1. The molecule has 2 amide bonds. The summed E-state index contributed by atoms with van der Waals surface area (Å²) in [6, 6.07) is 3.13. The maximum atomic E-state index is 14.0. The molecule has 0 bridgehead atoms. The standard InChI is InChI=1S/C31H42ClN3O7/c1-8-9-11-18(2)14-19(3)26(34-30(39)42-31(4,5)6)28(36)35-17-20(15-23(35)29(37)38)41-27-21-12-10-13-22(32)25(21)24(40-7)16-33-27/h8,10,12-13,16,18-20,23,26H,1,9,11,14-15,17H2,2-7H3,(H,34,39)(H,37,38)/t18?,19-,20-,23+,26?/m1/s1. The Labute approximate surface area is 252 Å². The van der Waals surface area contributed by atoms with Crippen LogP contribution in [0.25, 0.3) is 10.8 Å². The number of aliphatic carboxylic acids is 1. The summed E-state index contributed by atoms with van der Waals surface area (Å²) in [7, 11) is 1.52. The van der Waals surface area contributed by atoms with Crippen molar-refractivity contribution in [3.63, 3.8) is 0 Å². The zero-order valence-corrected chi connectivity index (χ0v) is 25.9. The zero-order chi connectivity index (χ0) is 31.2. The Morgan fingerprint density at radius 2 is 2.00 bits per heavy atom. The van der Waals surface area contributed by atoms with Crippen LogP contribution in [0.15, 0.2) is 37.1 Å². The molecule has 1 aliphatic rings. The molecule has 3 rings (SSSR count). The van der Waals surface area contributed by atoms with Gasteiger partial charge in [-0.2, -0.15) is 0 Å². The smallest absolute Gasteiger partial charge is 0.408 e. The van der Waals surface area contributed by atoms with E-state index in [1.165, 1.54) is 18.2 Å². The van der Waals surface area contributed by atoms with E-state index in [2.05, 4.69) is 23.8 Å². The SMILES string of the molecule is C=CCCC(C)C[C@@H](C)C(NC(=O)OC(C)(C)C)C(=O)N1C[C@H](Oc2ncc(OC)c3c(Cl)cccc23)C[C@H]1C(=O)O. The van der Waals surface area contributed by atoms with Crippen LogP contribution in [0, 0.1) is 11.8 Å². The highest BCUT2D eigenvalue weighted by molar-refractivity contribution is 6.36. The number of allylic oxidation sites excluding steroid dienone is 1. The Bertz CT molecular complexity index is 1300. The molecule has 0 saturated carbocycles. The molecular weight excluding hydrogens is 562 g/mol. The Morgan fingerprint density at radius 3 is 2.62 bits per heavy atom. The Balaban J connectivity index is 1.88. The summed E-state index contributed by atoms with van der Waals surface area (Å²) >= 11 is 6.43. The minimum absolute atomic E-state index is 0.00317. The van der Waals surface area contributed by atoms with E-state index < -0.39 is 41.8 Å². The molecule has 42 heavy (non-hydrogen) atoms. The van der Waals surface area contributed by atoms with E-state index in [0.717, 1.165) is 12.8 Å². The van der Waals surface area contributed by atoms with Gasteiger partial charge in [-0.25, -0.2) is 14.6 Å². The minimum atomic E-state index is -1.16. The first kappa shape index (κ1) is 33.0. The van der Waals surface area contributed by atoms with Crippen molar-refractivity contribution in [3.05, 3.63) is 42.1 Å². The monoisotopic (exact) mass is 603 g/mol. The number of hydrogen-bond acceptors (Lipinski definition) is 7. The first-order valence-corrected chi connectivity index (χ1v) is 14.5. The third kappa shape index (κ3) is 8.27.